The summed E-state index contributed by atoms with van der Waals surface area (Å²) in [6.45, 7) is 17.8. The van der Waals surface area contributed by atoms with E-state index in [1.54, 1.807) is 0 Å². The molecule has 0 radical (unpaired) electrons. The molecule has 5 heteroatoms. The average Bonchev–Trinajstić information content (AvgIpc) is 3.39. The molecule has 0 bridgehead atoms. The van der Waals surface area contributed by atoms with E-state index in [9.17, 15) is 15.0 Å². The number of fused-ring (bicyclic) bond motifs is 3. The van der Waals surface area contributed by atoms with Crippen molar-refractivity contribution in [2.75, 3.05) is 13.7 Å². The van der Waals surface area contributed by atoms with Crippen molar-refractivity contribution in [3.8, 4) is 0 Å². The van der Waals surface area contributed by atoms with Crippen molar-refractivity contribution in [2.45, 2.75) is 123 Å². The number of carbonyl (C=O) groups excluding carboxylic acids is 1. The molecule has 0 aromatic heterocycles. The molecule has 36 heavy (non-hydrogen) atoms. The van der Waals surface area contributed by atoms with Gasteiger partial charge in [-0.25, -0.2) is 0 Å². The van der Waals surface area contributed by atoms with E-state index in [1.807, 2.05) is 13.8 Å². The molecule has 1 aliphatic heterocycles. The highest BCUT2D eigenvalue weighted by Crippen LogP contribution is 2.74. The lowest BCUT2D eigenvalue weighted by Gasteiger charge is -2.66. The van der Waals surface area contributed by atoms with E-state index in [0.29, 0.717) is 24.2 Å². The summed E-state index contributed by atoms with van der Waals surface area (Å²) in [4.78, 5) is 12.2. The third-order valence-corrected chi connectivity index (χ3v) is 12.3. The zero-order valence-electron chi connectivity index (χ0n) is 24.0. The van der Waals surface area contributed by atoms with Gasteiger partial charge in [-0.3, -0.25) is 4.79 Å². The Balaban J connectivity index is 1.64. The minimum Gasteiger partial charge on any atom is -0.469 e. The van der Waals surface area contributed by atoms with E-state index in [-0.39, 0.29) is 46.4 Å². The monoisotopic (exact) mass is 504 g/mol. The normalized spacial score (nSPS) is 46.8. The lowest BCUT2D eigenvalue weighted by molar-refractivity contribution is -0.188. The summed E-state index contributed by atoms with van der Waals surface area (Å²) in [6, 6.07) is 0. The number of carbonyl (C=O) groups is 1. The molecule has 0 spiro atoms. The highest BCUT2D eigenvalue weighted by molar-refractivity contribution is 5.69. The van der Waals surface area contributed by atoms with E-state index in [2.05, 4.69) is 34.3 Å². The van der Waals surface area contributed by atoms with Crippen LogP contribution in [0.25, 0.3) is 0 Å². The van der Waals surface area contributed by atoms with Crippen LogP contribution in [0.5, 0.6) is 0 Å². The molecule has 5 nitrogen and oxygen atoms in total. The maximum Gasteiger partial charge on any atom is 0.305 e. The molecule has 0 aromatic carbocycles. The molecule has 9 atom stereocenters. The van der Waals surface area contributed by atoms with Gasteiger partial charge in [0.05, 0.1) is 31.0 Å². The fourth-order valence-electron chi connectivity index (χ4n) is 10.1. The minimum absolute atomic E-state index is 0.0158. The van der Waals surface area contributed by atoms with Crippen LogP contribution in [0.3, 0.4) is 0 Å². The highest BCUT2D eigenvalue weighted by Gasteiger charge is 2.68. The van der Waals surface area contributed by atoms with Crippen molar-refractivity contribution in [1.29, 1.82) is 0 Å². The predicted molar refractivity (Wildman–Crippen MR) is 142 cm³/mol. The Hall–Kier alpha value is -0.910. The fourth-order valence-corrected chi connectivity index (χ4v) is 10.1. The molecule has 1 saturated heterocycles. The molecule has 0 aromatic rings. The molecule has 3 saturated carbocycles. The van der Waals surface area contributed by atoms with Crippen LogP contribution in [0.15, 0.2) is 12.2 Å². The first-order valence-corrected chi connectivity index (χ1v) is 14.4. The molecule has 0 amide bonds. The summed E-state index contributed by atoms with van der Waals surface area (Å²) in [7, 11) is 1.47. The Morgan fingerprint density at radius 2 is 1.67 bits per heavy atom. The van der Waals surface area contributed by atoms with Gasteiger partial charge in [-0.2, -0.15) is 0 Å². The van der Waals surface area contributed by atoms with Gasteiger partial charge < -0.3 is 19.7 Å². The second-order valence-electron chi connectivity index (χ2n) is 14.3. The van der Waals surface area contributed by atoms with Gasteiger partial charge in [-0.05, 0) is 124 Å². The maximum absolute atomic E-state index is 12.2. The smallest absolute Gasteiger partial charge is 0.305 e. The highest BCUT2D eigenvalue weighted by atomic mass is 16.5. The molecular formula is C31H52O5. The number of ether oxygens (including phenoxy) is 2. The van der Waals surface area contributed by atoms with Crippen molar-refractivity contribution in [3.63, 3.8) is 0 Å². The summed E-state index contributed by atoms with van der Waals surface area (Å²) in [6.07, 6.45) is 9.93. The van der Waals surface area contributed by atoms with Crippen LogP contribution in [0, 0.1) is 39.9 Å². The van der Waals surface area contributed by atoms with Gasteiger partial charge in [-0.15, -0.1) is 0 Å². The third-order valence-electron chi connectivity index (χ3n) is 12.3. The Morgan fingerprint density at radius 3 is 2.25 bits per heavy atom. The second kappa shape index (κ2) is 9.38. The van der Waals surface area contributed by atoms with Gasteiger partial charge in [0.25, 0.3) is 0 Å². The predicted octanol–water partition coefficient (Wildman–Crippen LogP) is 6.06. The number of hydrogen-bond donors (Lipinski definition) is 2. The van der Waals surface area contributed by atoms with Crippen molar-refractivity contribution < 1.29 is 24.5 Å². The molecule has 0 unspecified atom stereocenters. The van der Waals surface area contributed by atoms with E-state index in [4.69, 9.17) is 9.47 Å². The van der Waals surface area contributed by atoms with Gasteiger partial charge >= 0.3 is 5.97 Å². The zero-order chi connectivity index (χ0) is 26.7. The molecule has 206 valence electrons. The van der Waals surface area contributed by atoms with Crippen LogP contribution >= 0.6 is 0 Å². The van der Waals surface area contributed by atoms with E-state index >= 15 is 0 Å². The van der Waals surface area contributed by atoms with E-state index in [0.717, 1.165) is 44.1 Å². The third kappa shape index (κ3) is 4.20. The van der Waals surface area contributed by atoms with Crippen LogP contribution in [0.2, 0.25) is 0 Å². The zero-order valence-corrected chi connectivity index (χ0v) is 24.0. The first kappa shape index (κ1) is 28.1. The molecule has 3 aliphatic carbocycles. The van der Waals surface area contributed by atoms with Crippen LogP contribution < -0.4 is 0 Å². The van der Waals surface area contributed by atoms with Crippen molar-refractivity contribution in [2.24, 2.45) is 39.9 Å². The first-order chi connectivity index (χ1) is 16.7. The molecule has 2 N–H and O–H groups in total. The van der Waals surface area contributed by atoms with Gasteiger partial charge in [0, 0.05) is 6.42 Å². The second-order valence-corrected chi connectivity index (χ2v) is 14.3. The van der Waals surface area contributed by atoms with Gasteiger partial charge in [0.2, 0.25) is 0 Å². The molecular weight excluding hydrogens is 452 g/mol. The van der Waals surface area contributed by atoms with Gasteiger partial charge in [0.15, 0.2) is 0 Å². The topological polar surface area (TPSA) is 76.0 Å². The van der Waals surface area contributed by atoms with Crippen molar-refractivity contribution >= 4 is 5.97 Å². The van der Waals surface area contributed by atoms with Crippen LogP contribution in [-0.2, 0) is 14.3 Å². The number of aliphatic hydroxyl groups is 2. The average molecular weight is 505 g/mol. The van der Waals surface area contributed by atoms with Crippen LogP contribution in [0.4, 0.5) is 0 Å². The van der Waals surface area contributed by atoms with E-state index < -0.39 is 5.60 Å². The summed E-state index contributed by atoms with van der Waals surface area (Å²) < 4.78 is 11.7. The Morgan fingerprint density at radius 1 is 1.00 bits per heavy atom. The summed E-state index contributed by atoms with van der Waals surface area (Å²) in [5.41, 5.74) is 0.216. The van der Waals surface area contributed by atoms with Crippen LogP contribution in [-0.4, -0.2) is 47.2 Å². The molecule has 4 aliphatic rings. The van der Waals surface area contributed by atoms with Gasteiger partial charge in [0.1, 0.15) is 0 Å². The number of esters is 1. The lowest BCUT2D eigenvalue weighted by Crippen LogP contribution is -2.60. The Labute approximate surface area is 219 Å². The van der Waals surface area contributed by atoms with Crippen molar-refractivity contribution in [1.82, 2.24) is 0 Å². The number of hydrogen-bond acceptors (Lipinski definition) is 5. The summed E-state index contributed by atoms with van der Waals surface area (Å²) in [5.74, 6) is 1.67. The lowest BCUT2D eigenvalue weighted by atomic mass is 9.38. The van der Waals surface area contributed by atoms with E-state index in [1.165, 1.54) is 26.4 Å². The number of aliphatic hydroxyl groups excluding tert-OH is 1. The Bertz CT molecular complexity index is 862. The van der Waals surface area contributed by atoms with Crippen molar-refractivity contribution in [3.05, 3.63) is 12.2 Å². The molecule has 4 rings (SSSR count). The Kier molecular flexibility index (Phi) is 7.32. The molecule has 4 fully saturated rings. The summed E-state index contributed by atoms with van der Waals surface area (Å²) >= 11 is 0. The minimum atomic E-state index is -0.807. The van der Waals surface area contributed by atoms with Gasteiger partial charge in [-0.1, -0.05) is 27.4 Å². The standard InChI is InChI=1S/C31H52O5/c1-20(19-32)21-11-17-30(6)24(28(21,4)15-14-26(33)35-8)10-9-22-23(12-16-29(22,30)5)31(7)18-13-25(36-31)27(2,3)34/h21-25,32,34H,1,9-19H2,2-8H3/t21-,22+,23-,24+,25+,28-,29+,30+,31-/m0/s1. The quantitative estimate of drug-likeness (QED) is 0.325. The molecule has 1 heterocycles. The largest absolute Gasteiger partial charge is 0.469 e. The first-order valence-electron chi connectivity index (χ1n) is 14.4. The fraction of sp³-hybridized carbons (Fsp3) is 0.903. The summed E-state index contributed by atoms with van der Waals surface area (Å²) in [5, 5.41) is 20.7. The number of methoxy groups -OCH3 is 1. The number of rotatable bonds is 7. The SMILES string of the molecule is C=C(CO)[C@@H]1CC[C@]2(C)[C@H](CC[C@@H]3[C@@H]([C@]4(C)CC[C@H](C(C)(C)O)O4)CC[C@]32C)[C@@]1(C)CCC(=O)OC. The maximum atomic E-state index is 12.2. The van der Waals surface area contributed by atoms with Crippen LogP contribution in [0.1, 0.15) is 106 Å².